The summed E-state index contributed by atoms with van der Waals surface area (Å²) in [5.74, 6) is 0.920. The number of benzene rings is 1. The van der Waals surface area contributed by atoms with Gasteiger partial charge < -0.3 is 4.74 Å². The van der Waals surface area contributed by atoms with Gasteiger partial charge in [0, 0.05) is 12.4 Å². The van der Waals surface area contributed by atoms with Gasteiger partial charge >= 0.3 is 0 Å². The standard InChI is InChI=1S/C11H9FN2O/c12-9-2-4-10(5-3-9)15-8-11-13-6-1-7-14-11/h1-7H,8H2. The van der Waals surface area contributed by atoms with Gasteiger partial charge in [-0.15, -0.1) is 0 Å². The number of aromatic nitrogens is 2. The van der Waals surface area contributed by atoms with E-state index in [4.69, 9.17) is 4.74 Å². The van der Waals surface area contributed by atoms with Gasteiger partial charge in [0.25, 0.3) is 0 Å². The smallest absolute Gasteiger partial charge is 0.166 e. The molecular weight excluding hydrogens is 195 g/mol. The van der Waals surface area contributed by atoms with E-state index in [1.807, 2.05) is 0 Å². The average molecular weight is 204 g/mol. The fourth-order valence-electron chi connectivity index (χ4n) is 1.08. The summed E-state index contributed by atoms with van der Waals surface area (Å²) in [5, 5.41) is 0. The Labute approximate surface area is 86.6 Å². The van der Waals surface area contributed by atoms with Crippen LogP contribution in [-0.4, -0.2) is 9.97 Å². The molecule has 0 fully saturated rings. The van der Waals surface area contributed by atoms with Crippen LogP contribution in [0.15, 0.2) is 42.7 Å². The lowest BCUT2D eigenvalue weighted by atomic mass is 10.3. The molecule has 0 saturated carbocycles. The molecule has 0 bridgehead atoms. The summed E-state index contributed by atoms with van der Waals surface area (Å²) >= 11 is 0. The molecule has 0 atom stereocenters. The van der Waals surface area contributed by atoms with Crippen LogP contribution in [0.5, 0.6) is 5.75 Å². The highest BCUT2D eigenvalue weighted by Crippen LogP contribution is 2.11. The van der Waals surface area contributed by atoms with Crippen molar-refractivity contribution in [2.75, 3.05) is 0 Å². The summed E-state index contributed by atoms with van der Waals surface area (Å²) in [6.07, 6.45) is 3.30. The van der Waals surface area contributed by atoms with Crippen molar-refractivity contribution in [3.05, 3.63) is 54.4 Å². The van der Waals surface area contributed by atoms with E-state index in [0.717, 1.165) is 0 Å². The largest absolute Gasteiger partial charge is 0.486 e. The van der Waals surface area contributed by atoms with Crippen molar-refractivity contribution in [1.82, 2.24) is 9.97 Å². The molecule has 0 spiro atoms. The monoisotopic (exact) mass is 204 g/mol. The second kappa shape index (κ2) is 4.50. The topological polar surface area (TPSA) is 35.0 Å². The van der Waals surface area contributed by atoms with Crippen LogP contribution in [0.4, 0.5) is 4.39 Å². The van der Waals surface area contributed by atoms with E-state index in [0.29, 0.717) is 11.6 Å². The van der Waals surface area contributed by atoms with Crippen LogP contribution in [0, 0.1) is 5.82 Å². The second-order valence-corrected chi connectivity index (χ2v) is 2.91. The molecule has 2 rings (SSSR count). The Kier molecular flexibility index (Phi) is 2.88. The van der Waals surface area contributed by atoms with Crippen LogP contribution in [0.25, 0.3) is 0 Å². The number of rotatable bonds is 3. The number of halogens is 1. The van der Waals surface area contributed by atoms with Gasteiger partial charge in [-0.05, 0) is 30.3 Å². The van der Waals surface area contributed by atoms with Gasteiger partial charge in [-0.3, -0.25) is 0 Å². The number of nitrogens with zero attached hydrogens (tertiary/aromatic N) is 2. The van der Waals surface area contributed by atoms with Crippen molar-refractivity contribution in [1.29, 1.82) is 0 Å². The highest BCUT2D eigenvalue weighted by molar-refractivity contribution is 5.22. The van der Waals surface area contributed by atoms with Crippen molar-refractivity contribution < 1.29 is 9.13 Å². The highest BCUT2D eigenvalue weighted by atomic mass is 19.1. The van der Waals surface area contributed by atoms with Crippen LogP contribution in [0.2, 0.25) is 0 Å². The predicted molar refractivity (Wildman–Crippen MR) is 52.8 cm³/mol. The van der Waals surface area contributed by atoms with Crippen molar-refractivity contribution in [3.63, 3.8) is 0 Å². The molecule has 1 heterocycles. The van der Waals surface area contributed by atoms with E-state index in [2.05, 4.69) is 9.97 Å². The van der Waals surface area contributed by atoms with Gasteiger partial charge in [0.15, 0.2) is 5.82 Å². The van der Waals surface area contributed by atoms with E-state index < -0.39 is 0 Å². The molecular formula is C11H9FN2O. The third kappa shape index (κ3) is 2.74. The first kappa shape index (κ1) is 9.58. The number of hydrogen-bond acceptors (Lipinski definition) is 3. The van der Waals surface area contributed by atoms with Crippen LogP contribution >= 0.6 is 0 Å². The Morgan fingerprint density at radius 2 is 1.73 bits per heavy atom. The van der Waals surface area contributed by atoms with Gasteiger partial charge in [0.1, 0.15) is 18.2 Å². The van der Waals surface area contributed by atoms with E-state index in [9.17, 15) is 4.39 Å². The minimum absolute atomic E-state index is 0.279. The zero-order valence-corrected chi connectivity index (χ0v) is 7.93. The molecule has 2 aromatic rings. The Bertz CT molecular complexity index is 416. The Hall–Kier alpha value is -1.97. The Balaban J connectivity index is 1.96. The van der Waals surface area contributed by atoms with Crippen LogP contribution < -0.4 is 4.74 Å². The Morgan fingerprint density at radius 1 is 1.07 bits per heavy atom. The average Bonchev–Trinajstić information content (AvgIpc) is 2.30. The fourth-order valence-corrected chi connectivity index (χ4v) is 1.08. The van der Waals surface area contributed by atoms with Crippen molar-refractivity contribution >= 4 is 0 Å². The van der Waals surface area contributed by atoms with E-state index >= 15 is 0 Å². The lowest BCUT2D eigenvalue weighted by molar-refractivity contribution is 0.295. The SMILES string of the molecule is Fc1ccc(OCc2ncccn2)cc1. The highest BCUT2D eigenvalue weighted by Gasteiger charge is 1.97. The molecule has 0 radical (unpaired) electrons. The molecule has 0 aliphatic carbocycles. The van der Waals surface area contributed by atoms with Gasteiger partial charge in [0.05, 0.1) is 0 Å². The van der Waals surface area contributed by atoms with Gasteiger partial charge in [-0.1, -0.05) is 0 Å². The van der Waals surface area contributed by atoms with Crippen LogP contribution in [-0.2, 0) is 6.61 Å². The van der Waals surface area contributed by atoms with E-state index in [-0.39, 0.29) is 12.4 Å². The lowest BCUT2D eigenvalue weighted by Crippen LogP contribution is -2.00. The molecule has 1 aromatic carbocycles. The van der Waals surface area contributed by atoms with E-state index in [1.165, 1.54) is 12.1 Å². The summed E-state index contributed by atoms with van der Waals surface area (Å²) in [7, 11) is 0. The molecule has 0 aliphatic rings. The predicted octanol–water partition coefficient (Wildman–Crippen LogP) is 2.19. The third-order valence-corrected chi connectivity index (χ3v) is 1.80. The van der Waals surface area contributed by atoms with Crippen molar-refractivity contribution in [2.24, 2.45) is 0 Å². The number of hydrogen-bond donors (Lipinski definition) is 0. The lowest BCUT2D eigenvalue weighted by Gasteiger charge is -2.03. The second-order valence-electron chi connectivity index (χ2n) is 2.91. The molecule has 0 N–H and O–H groups in total. The quantitative estimate of drug-likeness (QED) is 0.768. The minimum atomic E-state index is -0.279. The summed E-state index contributed by atoms with van der Waals surface area (Å²) < 4.78 is 17.9. The minimum Gasteiger partial charge on any atom is -0.486 e. The van der Waals surface area contributed by atoms with Gasteiger partial charge in [0.2, 0.25) is 0 Å². The summed E-state index contributed by atoms with van der Waals surface area (Å²) in [4.78, 5) is 8.00. The Morgan fingerprint density at radius 3 is 2.40 bits per heavy atom. The van der Waals surface area contributed by atoms with Crippen LogP contribution in [0.1, 0.15) is 5.82 Å². The zero-order valence-electron chi connectivity index (χ0n) is 7.93. The molecule has 3 nitrogen and oxygen atoms in total. The molecule has 0 amide bonds. The van der Waals surface area contributed by atoms with Gasteiger partial charge in [-0.2, -0.15) is 0 Å². The summed E-state index contributed by atoms with van der Waals surface area (Å²) in [6, 6.07) is 7.57. The third-order valence-electron chi connectivity index (χ3n) is 1.80. The summed E-state index contributed by atoms with van der Waals surface area (Å²) in [5.41, 5.74) is 0. The van der Waals surface area contributed by atoms with Crippen LogP contribution in [0.3, 0.4) is 0 Å². The molecule has 4 heteroatoms. The normalized spacial score (nSPS) is 9.93. The molecule has 15 heavy (non-hydrogen) atoms. The molecule has 76 valence electrons. The maximum Gasteiger partial charge on any atom is 0.166 e. The summed E-state index contributed by atoms with van der Waals surface area (Å²) in [6.45, 7) is 0.284. The molecule has 0 unspecified atom stereocenters. The maximum atomic E-state index is 12.6. The first-order chi connectivity index (χ1) is 7.34. The number of ether oxygens (including phenoxy) is 1. The fraction of sp³-hybridized carbons (Fsp3) is 0.0909. The zero-order chi connectivity index (χ0) is 10.5. The van der Waals surface area contributed by atoms with Gasteiger partial charge in [-0.25, -0.2) is 14.4 Å². The maximum absolute atomic E-state index is 12.6. The molecule has 1 aromatic heterocycles. The van der Waals surface area contributed by atoms with Crippen molar-refractivity contribution in [2.45, 2.75) is 6.61 Å². The first-order valence-electron chi connectivity index (χ1n) is 4.49. The molecule has 0 aliphatic heterocycles. The first-order valence-corrected chi connectivity index (χ1v) is 4.49. The van der Waals surface area contributed by atoms with Crippen molar-refractivity contribution in [3.8, 4) is 5.75 Å². The molecule has 0 saturated heterocycles. The van der Waals surface area contributed by atoms with E-state index in [1.54, 1.807) is 30.6 Å².